The lowest BCUT2D eigenvalue weighted by Crippen LogP contribution is -2.36. The van der Waals surface area contributed by atoms with E-state index in [1.807, 2.05) is 48.1 Å². The number of hydrazone groups is 1. The number of rotatable bonds is 7. The summed E-state index contributed by atoms with van der Waals surface area (Å²) < 4.78 is 12.7. The van der Waals surface area contributed by atoms with Crippen molar-refractivity contribution in [3.05, 3.63) is 47.2 Å². The van der Waals surface area contributed by atoms with E-state index in [0.29, 0.717) is 37.2 Å². The van der Waals surface area contributed by atoms with Crippen LogP contribution in [0, 0.1) is 0 Å². The zero-order valence-corrected chi connectivity index (χ0v) is 17.9. The van der Waals surface area contributed by atoms with Gasteiger partial charge in [-0.2, -0.15) is 5.10 Å². The third kappa shape index (κ3) is 4.56. The standard InChI is InChI=1S/C21H25ClN6O2/c1-15(16-4-3-5-17(22)12-16)25-26-19-13-18(27-7-10-30-11-8-27)20-21(24-19)28(14-23-20)6-9-29-2/h3-5,12-14H,6-11H2,1-2H3,(H,24,26)/b25-15+. The zero-order valence-electron chi connectivity index (χ0n) is 17.1. The number of nitrogens with zero attached hydrogens (tertiary/aromatic N) is 5. The second-order valence-corrected chi connectivity index (χ2v) is 7.48. The number of hydrogen-bond acceptors (Lipinski definition) is 7. The molecule has 1 N–H and O–H groups in total. The predicted molar refractivity (Wildman–Crippen MR) is 120 cm³/mol. The molecule has 30 heavy (non-hydrogen) atoms. The Labute approximate surface area is 180 Å². The van der Waals surface area contributed by atoms with Gasteiger partial charge in [-0.15, -0.1) is 0 Å². The van der Waals surface area contributed by atoms with Crippen molar-refractivity contribution in [3.8, 4) is 0 Å². The molecule has 0 radical (unpaired) electrons. The monoisotopic (exact) mass is 428 g/mol. The molecular formula is C21H25ClN6O2. The number of aromatic nitrogens is 3. The summed E-state index contributed by atoms with van der Waals surface area (Å²) in [6.45, 7) is 6.22. The summed E-state index contributed by atoms with van der Waals surface area (Å²) in [5.41, 5.74) is 7.58. The van der Waals surface area contributed by atoms with E-state index in [1.54, 1.807) is 7.11 Å². The van der Waals surface area contributed by atoms with Crippen LogP contribution in [0.5, 0.6) is 0 Å². The lowest BCUT2D eigenvalue weighted by molar-refractivity contribution is 0.123. The lowest BCUT2D eigenvalue weighted by atomic mass is 10.1. The summed E-state index contributed by atoms with van der Waals surface area (Å²) in [7, 11) is 1.69. The number of morpholine rings is 1. The molecule has 9 heteroatoms. The van der Waals surface area contributed by atoms with Gasteiger partial charge >= 0.3 is 0 Å². The molecule has 3 heterocycles. The van der Waals surface area contributed by atoms with Crippen LogP contribution in [0.4, 0.5) is 11.5 Å². The number of nitrogens with one attached hydrogen (secondary N) is 1. The van der Waals surface area contributed by atoms with Crippen molar-refractivity contribution < 1.29 is 9.47 Å². The van der Waals surface area contributed by atoms with Gasteiger partial charge in [0.1, 0.15) is 5.52 Å². The van der Waals surface area contributed by atoms with Crippen LogP contribution in [0.3, 0.4) is 0 Å². The molecule has 0 bridgehead atoms. The highest BCUT2D eigenvalue weighted by Crippen LogP contribution is 2.28. The first kappa shape index (κ1) is 20.6. The molecule has 3 aromatic rings. The van der Waals surface area contributed by atoms with Crippen molar-refractivity contribution >= 4 is 40.0 Å². The highest BCUT2D eigenvalue weighted by atomic mass is 35.5. The maximum Gasteiger partial charge on any atom is 0.164 e. The summed E-state index contributed by atoms with van der Waals surface area (Å²) in [4.78, 5) is 11.7. The van der Waals surface area contributed by atoms with Gasteiger partial charge in [-0.1, -0.05) is 23.7 Å². The summed E-state index contributed by atoms with van der Waals surface area (Å²) in [5, 5.41) is 5.20. The molecule has 2 aromatic heterocycles. The Hall–Kier alpha value is -2.68. The van der Waals surface area contributed by atoms with Gasteiger partial charge in [-0.3, -0.25) is 5.43 Å². The van der Waals surface area contributed by atoms with Crippen LogP contribution in [0.15, 0.2) is 41.8 Å². The summed E-state index contributed by atoms with van der Waals surface area (Å²) >= 11 is 6.10. The van der Waals surface area contributed by atoms with Crippen LogP contribution < -0.4 is 10.3 Å². The molecule has 0 saturated carbocycles. The molecule has 1 fully saturated rings. The first-order valence-corrected chi connectivity index (χ1v) is 10.3. The predicted octanol–water partition coefficient (Wildman–Crippen LogP) is 3.40. The Kier molecular flexibility index (Phi) is 6.47. The maximum absolute atomic E-state index is 6.10. The van der Waals surface area contributed by atoms with E-state index in [9.17, 15) is 0 Å². The molecule has 0 atom stereocenters. The van der Waals surface area contributed by atoms with Crippen LogP contribution in [0.25, 0.3) is 11.2 Å². The van der Waals surface area contributed by atoms with Crippen LogP contribution in [-0.4, -0.2) is 60.3 Å². The average Bonchev–Trinajstić information content (AvgIpc) is 3.19. The van der Waals surface area contributed by atoms with Gasteiger partial charge in [0.15, 0.2) is 11.5 Å². The highest BCUT2D eigenvalue weighted by Gasteiger charge is 2.19. The minimum absolute atomic E-state index is 0.587. The number of benzene rings is 1. The smallest absolute Gasteiger partial charge is 0.164 e. The molecule has 0 amide bonds. The topological polar surface area (TPSA) is 76.8 Å². The van der Waals surface area contributed by atoms with Gasteiger partial charge in [-0.05, 0) is 24.6 Å². The third-order valence-electron chi connectivity index (χ3n) is 5.02. The van der Waals surface area contributed by atoms with Crippen molar-refractivity contribution in [1.82, 2.24) is 14.5 Å². The Bertz CT molecular complexity index is 1050. The third-order valence-corrected chi connectivity index (χ3v) is 5.26. The van der Waals surface area contributed by atoms with Crippen molar-refractivity contribution in [2.75, 3.05) is 50.3 Å². The van der Waals surface area contributed by atoms with Crippen molar-refractivity contribution in [3.63, 3.8) is 0 Å². The molecular weight excluding hydrogens is 404 g/mol. The number of hydrogen-bond donors (Lipinski definition) is 1. The fourth-order valence-corrected chi connectivity index (χ4v) is 3.58. The minimum Gasteiger partial charge on any atom is -0.383 e. The molecule has 8 nitrogen and oxygen atoms in total. The molecule has 4 rings (SSSR count). The van der Waals surface area contributed by atoms with Crippen molar-refractivity contribution in [2.45, 2.75) is 13.5 Å². The van der Waals surface area contributed by atoms with Crippen LogP contribution in [0.2, 0.25) is 5.02 Å². The lowest BCUT2D eigenvalue weighted by Gasteiger charge is -2.29. The number of pyridine rings is 1. The molecule has 1 aliphatic rings. The van der Waals surface area contributed by atoms with E-state index in [-0.39, 0.29) is 0 Å². The van der Waals surface area contributed by atoms with Gasteiger partial charge in [0, 0.05) is 37.8 Å². The molecule has 0 spiro atoms. The Balaban J connectivity index is 1.68. The molecule has 1 aromatic carbocycles. The van der Waals surface area contributed by atoms with Crippen molar-refractivity contribution in [2.24, 2.45) is 5.10 Å². The number of halogens is 1. The Morgan fingerprint density at radius 2 is 2.13 bits per heavy atom. The number of fused-ring (bicyclic) bond motifs is 1. The second-order valence-electron chi connectivity index (χ2n) is 7.05. The fourth-order valence-electron chi connectivity index (χ4n) is 3.39. The van der Waals surface area contributed by atoms with Crippen LogP contribution in [0.1, 0.15) is 12.5 Å². The molecule has 0 aliphatic carbocycles. The number of ether oxygens (including phenoxy) is 2. The molecule has 1 saturated heterocycles. The first-order chi connectivity index (χ1) is 14.7. The molecule has 0 unspecified atom stereocenters. The summed E-state index contributed by atoms with van der Waals surface area (Å²) in [6.07, 6.45) is 1.81. The van der Waals surface area contributed by atoms with E-state index in [1.165, 1.54) is 0 Å². The quantitative estimate of drug-likeness (QED) is 0.459. The van der Waals surface area contributed by atoms with E-state index >= 15 is 0 Å². The summed E-state index contributed by atoms with van der Waals surface area (Å²) in [6, 6.07) is 9.61. The van der Waals surface area contributed by atoms with Crippen LogP contribution >= 0.6 is 11.6 Å². The minimum atomic E-state index is 0.587. The molecule has 1 aliphatic heterocycles. The van der Waals surface area contributed by atoms with Gasteiger partial charge < -0.3 is 18.9 Å². The van der Waals surface area contributed by atoms with E-state index in [0.717, 1.165) is 41.2 Å². The average molecular weight is 429 g/mol. The number of methoxy groups -OCH3 is 1. The fraction of sp³-hybridized carbons (Fsp3) is 0.381. The van der Waals surface area contributed by atoms with Gasteiger partial charge in [-0.25, -0.2) is 9.97 Å². The SMILES string of the molecule is COCCn1cnc2c(N3CCOCC3)cc(N/N=C(\C)c3cccc(Cl)c3)nc21. The maximum atomic E-state index is 6.10. The second kappa shape index (κ2) is 9.42. The first-order valence-electron chi connectivity index (χ1n) is 9.89. The van der Waals surface area contributed by atoms with Crippen LogP contribution in [-0.2, 0) is 16.0 Å². The normalized spacial score (nSPS) is 15.0. The van der Waals surface area contributed by atoms with Gasteiger partial charge in [0.25, 0.3) is 0 Å². The number of anilines is 2. The van der Waals surface area contributed by atoms with Crippen molar-refractivity contribution in [1.29, 1.82) is 0 Å². The Morgan fingerprint density at radius 1 is 1.30 bits per heavy atom. The zero-order chi connectivity index (χ0) is 20.9. The Morgan fingerprint density at radius 3 is 2.90 bits per heavy atom. The van der Waals surface area contributed by atoms with E-state index in [2.05, 4.69) is 20.4 Å². The van der Waals surface area contributed by atoms with E-state index < -0.39 is 0 Å². The summed E-state index contributed by atoms with van der Waals surface area (Å²) in [5.74, 6) is 0.657. The van der Waals surface area contributed by atoms with E-state index in [4.69, 9.17) is 26.1 Å². The largest absolute Gasteiger partial charge is 0.383 e. The van der Waals surface area contributed by atoms with Gasteiger partial charge in [0.05, 0.1) is 37.5 Å². The molecule has 158 valence electrons. The van der Waals surface area contributed by atoms with Gasteiger partial charge in [0.2, 0.25) is 0 Å². The highest BCUT2D eigenvalue weighted by molar-refractivity contribution is 6.31. The number of imidazole rings is 1.